The van der Waals surface area contributed by atoms with Crippen LogP contribution in [0.3, 0.4) is 0 Å². The standard InChI is InChI=1S/C11H14IN3O2/c1-6-8(12)4-3-5-9(6)14-11(16)7(2)10(13)15-17/h3-5,7,17H,1-2H3,(H2,13,15)(H,14,16). The predicted octanol–water partition coefficient (Wildman–Crippen LogP) is 1.92. The van der Waals surface area contributed by atoms with Crippen molar-refractivity contribution >= 4 is 40.0 Å². The van der Waals surface area contributed by atoms with E-state index in [1.165, 1.54) is 0 Å². The molecule has 1 atom stereocenters. The lowest BCUT2D eigenvalue weighted by Crippen LogP contribution is -2.32. The van der Waals surface area contributed by atoms with Crippen LogP contribution < -0.4 is 11.1 Å². The van der Waals surface area contributed by atoms with Crippen molar-refractivity contribution in [3.8, 4) is 0 Å². The maximum Gasteiger partial charge on any atom is 0.234 e. The average Bonchev–Trinajstić information content (AvgIpc) is 2.32. The zero-order valence-electron chi connectivity index (χ0n) is 9.57. The van der Waals surface area contributed by atoms with Gasteiger partial charge in [0.25, 0.3) is 0 Å². The SMILES string of the molecule is Cc1c(I)cccc1NC(=O)C(C)/C(N)=N/O. The van der Waals surface area contributed by atoms with E-state index in [1.807, 2.05) is 25.1 Å². The Morgan fingerprint density at radius 1 is 1.59 bits per heavy atom. The molecule has 0 saturated carbocycles. The first-order chi connectivity index (χ1) is 7.97. The van der Waals surface area contributed by atoms with Crippen molar-refractivity contribution in [1.82, 2.24) is 0 Å². The van der Waals surface area contributed by atoms with E-state index in [4.69, 9.17) is 10.9 Å². The molecule has 5 nitrogen and oxygen atoms in total. The number of amides is 1. The molecule has 0 spiro atoms. The van der Waals surface area contributed by atoms with Crippen LogP contribution in [0.2, 0.25) is 0 Å². The Bertz CT molecular complexity index is 460. The summed E-state index contributed by atoms with van der Waals surface area (Å²) in [6.07, 6.45) is 0. The van der Waals surface area contributed by atoms with Crippen LogP contribution >= 0.6 is 22.6 Å². The zero-order chi connectivity index (χ0) is 13.0. The summed E-state index contributed by atoms with van der Waals surface area (Å²) in [5, 5.41) is 14.1. The third-order valence-electron chi connectivity index (χ3n) is 2.48. The molecule has 0 aliphatic heterocycles. The number of hydrogen-bond acceptors (Lipinski definition) is 3. The van der Waals surface area contributed by atoms with Gasteiger partial charge in [0.2, 0.25) is 5.91 Å². The third kappa shape index (κ3) is 3.32. The Labute approximate surface area is 113 Å². The average molecular weight is 347 g/mol. The van der Waals surface area contributed by atoms with Crippen molar-refractivity contribution in [2.45, 2.75) is 13.8 Å². The van der Waals surface area contributed by atoms with E-state index in [9.17, 15) is 4.79 Å². The van der Waals surface area contributed by atoms with Gasteiger partial charge in [-0.05, 0) is 54.1 Å². The van der Waals surface area contributed by atoms with Crippen molar-refractivity contribution in [2.24, 2.45) is 16.8 Å². The summed E-state index contributed by atoms with van der Waals surface area (Å²) in [6, 6.07) is 5.63. The number of nitrogens with zero attached hydrogens (tertiary/aromatic N) is 1. The quantitative estimate of drug-likeness (QED) is 0.257. The number of nitrogens with two attached hydrogens (primary N) is 1. The van der Waals surface area contributed by atoms with E-state index in [1.54, 1.807) is 6.92 Å². The molecule has 1 unspecified atom stereocenters. The van der Waals surface area contributed by atoms with Gasteiger partial charge in [-0.25, -0.2) is 0 Å². The monoisotopic (exact) mass is 347 g/mol. The van der Waals surface area contributed by atoms with Crippen molar-refractivity contribution in [3.05, 3.63) is 27.3 Å². The molecule has 6 heteroatoms. The fourth-order valence-electron chi connectivity index (χ4n) is 1.20. The van der Waals surface area contributed by atoms with Crippen LogP contribution in [0, 0.1) is 16.4 Å². The van der Waals surface area contributed by atoms with Gasteiger partial charge in [0.15, 0.2) is 5.84 Å². The van der Waals surface area contributed by atoms with E-state index in [0.29, 0.717) is 0 Å². The molecule has 0 fully saturated rings. The molecular formula is C11H14IN3O2. The summed E-state index contributed by atoms with van der Waals surface area (Å²) < 4.78 is 1.07. The first-order valence-corrected chi connectivity index (χ1v) is 6.08. The number of rotatable bonds is 3. The fourth-order valence-corrected chi connectivity index (χ4v) is 1.70. The lowest BCUT2D eigenvalue weighted by Gasteiger charge is -2.13. The highest BCUT2D eigenvalue weighted by Gasteiger charge is 2.18. The van der Waals surface area contributed by atoms with Crippen molar-refractivity contribution in [3.63, 3.8) is 0 Å². The van der Waals surface area contributed by atoms with Crippen LogP contribution in [0.15, 0.2) is 23.4 Å². The van der Waals surface area contributed by atoms with Gasteiger partial charge in [-0.3, -0.25) is 4.79 Å². The molecule has 0 saturated heterocycles. The third-order valence-corrected chi connectivity index (χ3v) is 3.65. The Kier molecular flexibility index (Phi) is 4.73. The van der Waals surface area contributed by atoms with Crippen LogP contribution in [0.4, 0.5) is 5.69 Å². The predicted molar refractivity (Wildman–Crippen MR) is 75.1 cm³/mol. The number of hydrogen-bond donors (Lipinski definition) is 3. The number of benzene rings is 1. The second-order valence-corrected chi connectivity index (χ2v) is 4.81. The molecular weight excluding hydrogens is 333 g/mol. The fraction of sp³-hybridized carbons (Fsp3) is 0.273. The number of carbonyl (C=O) groups is 1. The highest BCUT2D eigenvalue weighted by Crippen LogP contribution is 2.20. The number of carbonyl (C=O) groups excluding carboxylic acids is 1. The molecule has 17 heavy (non-hydrogen) atoms. The summed E-state index contributed by atoms with van der Waals surface area (Å²) in [4.78, 5) is 11.8. The van der Waals surface area contributed by atoms with Crippen LogP contribution in [-0.4, -0.2) is 17.0 Å². The maximum atomic E-state index is 11.8. The van der Waals surface area contributed by atoms with Crippen molar-refractivity contribution < 1.29 is 10.0 Å². The second-order valence-electron chi connectivity index (χ2n) is 3.65. The summed E-state index contributed by atoms with van der Waals surface area (Å²) in [7, 11) is 0. The van der Waals surface area contributed by atoms with Crippen molar-refractivity contribution in [1.29, 1.82) is 0 Å². The lowest BCUT2D eigenvalue weighted by molar-refractivity contribution is -0.117. The molecule has 0 bridgehead atoms. The van der Waals surface area contributed by atoms with Gasteiger partial charge in [0.1, 0.15) is 0 Å². The molecule has 4 N–H and O–H groups in total. The molecule has 92 valence electrons. The van der Waals surface area contributed by atoms with E-state index in [0.717, 1.165) is 14.8 Å². The van der Waals surface area contributed by atoms with Crippen LogP contribution in [0.25, 0.3) is 0 Å². The highest BCUT2D eigenvalue weighted by molar-refractivity contribution is 14.1. The molecule has 0 aromatic heterocycles. The van der Waals surface area contributed by atoms with Gasteiger partial charge in [-0.15, -0.1) is 0 Å². The molecule has 1 aromatic carbocycles. The Morgan fingerprint density at radius 3 is 2.82 bits per heavy atom. The summed E-state index contributed by atoms with van der Waals surface area (Å²) in [5.74, 6) is -1.08. The Morgan fingerprint density at radius 2 is 2.24 bits per heavy atom. The minimum absolute atomic E-state index is 0.106. The van der Waals surface area contributed by atoms with E-state index in [-0.39, 0.29) is 11.7 Å². The first kappa shape index (κ1) is 13.8. The van der Waals surface area contributed by atoms with Crippen molar-refractivity contribution in [2.75, 3.05) is 5.32 Å². The van der Waals surface area contributed by atoms with E-state index >= 15 is 0 Å². The smallest absolute Gasteiger partial charge is 0.234 e. The van der Waals surface area contributed by atoms with E-state index < -0.39 is 5.92 Å². The maximum absolute atomic E-state index is 11.8. The minimum Gasteiger partial charge on any atom is -0.409 e. The summed E-state index contributed by atoms with van der Waals surface area (Å²) >= 11 is 2.20. The molecule has 1 aromatic rings. The number of amidine groups is 1. The molecule has 1 rings (SSSR count). The molecule has 1 amide bonds. The Balaban J connectivity index is 2.85. The van der Waals surface area contributed by atoms with Gasteiger partial charge >= 0.3 is 0 Å². The molecule has 0 aliphatic carbocycles. The molecule has 0 aliphatic rings. The zero-order valence-corrected chi connectivity index (χ0v) is 11.7. The van der Waals surface area contributed by atoms with Crippen LogP contribution in [0.5, 0.6) is 0 Å². The van der Waals surface area contributed by atoms with Crippen LogP contribution in [0.1, 0.15) is 12.5 Å². The minimum atomic E-state index is -0.669. The lowest BCUT2D eigenvalue weighted by atomic mass is 10.1. The normalized spacial score (nSPS) is 13.2. The van der Waals surface area contributed by atoms with Gasteiger partial charge in [-0.2, -0.15) is 0 Å². The number of oxime groups is 1. The molecule has 0 radical (unpaired) electrons. The summed E-state index contributed by atoms with van der Waals surface area (Å²) in [5.41, 5.74) is 7.11. The van der Waals surface area contributed by atoms with Gasteiger partial charge in [0, 0.05) is 9.26 Å². The molecule has 0 heterocycles. The van der Waals surface area contributed by atoms with Gasteiger partial charge in [0.05, 0.1) is 5.92 Å². The number of nitrogens with one attached hydrogen (secondary N) is 1. The number of anilines is 1. The Hall–Kier alpha value is -1.31. The second kappa shape index (κ2) is 5.85. The van der Waals surface area contributed by atoms with Gasteiger partial charge < -0.3 is 16.3 Å². The first-order valence-electron chi connectivity index (χ1n) is 5.00. The highest BCUT2D eigenvalue weighted by atomic mass is 127. The van der Waals surface area contributed by atoms with Gasteiger partial charge in [-0.1, -0.05) is 11.2 Å². The number of halogens is 1. The topological polar surface area (TPSA) is 87.7 Å². The largest absolute Gasteiger partial charge is 0.409 e. The van der Waals surface area contributed by atoms with E-state index in [2.05, 4.69) is 33.1 Å². The van der Waals surface area contributed by atoms with Crippen LogP contribution in [-0.2, 0) is 4.79 Å². The summed E-state index contributed by atoms with van der Waals surface area (Å²) in [6.45, 7) is 3.50.